The maximum absolute atomic E-state index is 12.9. The lowest BCUT2D eigenvalue weighted by atomic mass is 10.1. The third-order valence-electron chi connectivity index (χ3n) is 5.26. The Morgan fingerprint density at radius 1 is 1.04 bits per heavy atom. The molecule has 27 heavy (non-hydrogen) atoms. The highest BCUT2D eigenvalue weighted by Crippen LogP contribution is 2.40. The lowest BCUT2D eigenvalue weighted by Gasteiger charge is -2.27. The van der Waals surface area contributed by atoms with Crippen LogP contribution in [0.25, 0.3) is 0 Å². The quantitative estimate of drug-likeness (QED) is 0.815. The molecule has 2 atom stereocenters. The number of hydrogen-bond donors (Lipinski definition) is 1. The Morgan fingerprint density at radius 2 is 1.70 bits per heavy atom. The topological polar surface area (TPSA) is 49.4 Å². The first-order chi connectivity index (χ1) is 13.0. The van der Waals surface area contributed by atoms with Gasteiger partial charge in [-0.1, -0.05) is 54.6 Å². The third kappa shape index (κ3) is 4.76. The summed E-state index contributed by atoms with van der Waals surface area (Å²) in [4.78, 5) is 27.3. The normalized spacial score (nSPS) is 18.2. The van der Waals surface area contributed by atoms with Crippen molar-refractivity contribution < 1.29 is 9.59 Å². The van der Waals surface area contributed by atoms with Gasteiger partial charge < -0.3 is 10.2 Å². The Labute approximate surface area is 161 Å². The molecule has 1 saturated carbocycles. The van der Waals surface area contributed by atoms with Crippen molar-refractivity contribution in [2.24, 2.45) is 11.8 Å². The summed E-state index contributed by atoms with van der Waals surface area (Å²) in [7, 11) is 0. The zero-order valence-electron chi connectivity index (χ0n) is 16.3. The summed E-state index contributed by atoms with van der Waals surface area (Å²) in [5.41, 5.74) is 3.39. The van der Waals surface area contributed by atoms with Crippen molar-refractivity contribution in [1.29, 1.82) is 0 Å². The van der Waals surface area contributed by atoms with Crippen LogP contribution in [-0.4, -0.2) is 22.8 Å². The van der Waals surface area contributed by atoms with Crippen LogP contribution in [0.15, 0.2) is 54.6 Å². The Balaban J connectivity index is 1.56. The van der Waals surface area contributed by atoms with Crippen molar-refractivity contribution in [2.75, 3.05) is 0 Å². The van der Waals surface area contributed by atoms with Gasteiger partial charge in [0.25, 0.3) is 0 Å². The van der Waals surface area contributed by atoms with Crippen LogP contribution in [0, 0.1) is 18.8 Å². The molecule has 0 bridgehead atoms. The molecule has 1 N–H and O–H groups in total. The van der Waals surface area contributed by atoms with Gasteiger partial charge in [0, 0.05) is 19.1 Å². The van der Waals surface area contributed by atoms with Crippen LogP contribution in [0.4, 0.5) is 0 Å². The first-order valence-electron chi connectivity index (χ1n) is 9.64. The van der Waals surface area contributed by atoms with Gasteiger partial charge >= 0.3 is 0 Å². The summed E-state index contributed by atoms with van der Waals surface area (Å²) >= 11 is 0. The van der Waals surface area contributed by atoms with Crippen LogP contribution in [-0.2, 0) is 22.7 Å². The molecule has 2 aromatic carbocycles. The van der Waals surface area contributed by atoms with Crippen LogP contribution in [0.5, 0.6) is 0 Å². The number of nitrogens with zero attached hydrogens (tertiary/aromatic N) is 1. The molecule has 2 unspecified atom stereocenters. The highest BCUT2D eigenvalue weighted by molar-refractivity contribution is 5.92. The first-order valence-corrected chi connectivity index (χ1v) is 9.64. The van der Waals surface area contributed by atoms with Gasteiger partial charge in [-0.3, -0.25) is 9.59 Å². The molecule has 2 amide bonds. The summed E-state index contributed by atoms with van der Waals surface area (Å²) in [6, 6.07) is 18.1. The lowest BCUT2D eigenvalue weighted by Crippen LogP contribution is -2.38. The predicted molar refractivity (Wildman–Crippen MR) is 107 cm³/mol. The molecule has 4 heteroatoms. The van der Waals surface area contributed by atoms with Crippen molar-refractivity contribution in [1.82, 2.24) is 10.2 Å². The molecule has 1 aliphatic rings. The van der Waals surface area contributed by atoms with Crippen LogP contribution in [0.2, 0.25) is 0 Å². The zero-order valence-corrected chi connectivity index (χ0v) is 16.3. The summed E-state index contributed by atoms with van der Waals surface area (Å²) < 4.78 is 0. The van der Waals surface area contributed by atoms with Gasteiger partial charge in [0.2, 0.25) is 11.8 Å². The second-order valence-corrected chi connectivity index (χ2v) is 7.64. The molecule has 142 valence electrons. The Bertz CT molecular complexity index is 801. The summed E-state index contributed by atoms with van der Waals surface area (Å²) in [6.07, 6.45) is 0.649. The standard InChI is InChI=1S/C23H28N2O2/c1-16(2)25(15-18-10-5-4-6-11-18)23(27)21-13-20(21)22(26)24-14-19-12-8-7-9-17(19)3/h4-12,16,20-21H,13-15H2,1-3H3,(H,24,26). The minimum atomic E-state index is -0.196. The monoisotopic (exact) mass is 364 g/mol. The molecule has 0 heterocycles. The molecular formula is C23H28N2O2. The van der Waals surface area contributed by atoms with Crippen molar-refractivity contribution in [3.63, 3.8) is 0 Å². The summed E-state index contributed by atoms with van der Waals surface area (Å²) in [5.74, 6) is -0.309. The number of aryl methyl sites for hydroxylation is 1. The first kappa shape index (κ1) is 19.2. The van der Waals surface area contributed by atoms with E-state index in [0.29, 0.717) is 19.5 Å². The van der Waals surface area contributed by atoms with E-state index < -0.39 is 0 Å². The maximum atomic E-state index is 12.9. The van der Waals surface area contributed by atoms with E-state index in [9.17, 15) is 9.59 Å². The maximum Gasteiger partial charge on any atom is 0.227 e. The van der Waals surface area contributed by atoms with E-state index in [1.807, 2.05) is 80.3 Å². The molecule has 1 fully saturated rings. The van der Waals surface area contributed by atoms with Crippen LogP contribution in [0.1, 0.15) is 37.0 Å². The van der Waals surface area contributed by atoms with Gasteiger partial charge in [0.15, 0.2) is 0 Å². The summed E-state index contributed by atoms with van der Waals surface area (Å²) in [6.45, 7) is 7.19. The van der Waals surface area contributed by atoms with Crippen LogP contribution in [0.3, 0.4) is 0 Å². The minimum Gasteiger partial charge on any atom is -0.352 e. The van der Waals surface area contributed by atoms with E-state index in [1.54, 1.807) is 0 Å². The Morgan fingerprint density at radius 3 is 2.37 bits per heavy atom. The molecule has 0 aromatic heterocycles. The zero-order chi connectivity index (χ0) is 19.4. The van der Waals surface area contributed by atoms with Gasteiger partial charge in [-0.15, -0.1) is 0 Å². The minimum absolute atomic E-state index is 0.0139. The molecule has 2 aromatic rings. The smallest absolute Gasteiger partial charge is 0.227 e. The number of rotatable bonds is 7. The Hall–Kier alpha value is -2.62. The van der Waals surface area contributed by atoms with Gasteiger partial charge in [0.05, 0.1) is 11.8 Å². The van der Waals surface area contributed by atoms with Gasteiger partial charge in [-0.25, -0.2) is 0 Å². The van der Waals surface area contributed by atoms with E-state index in [2.05, 4.69) is 5.32 Å². The predicted octanol–water partition coefficient (Wildman–Crippen LogP) is 3.68. The molecule has 4 nitrogen and oxygen atoms in total. The molecular weight excluding hydrogens is 336 g/mol. The highest BCUT2D eigenvalue weighted by atomic mass is 16.2. The van der Waals surface area contributed by atoms with Crippen molar-refractivity contribution >= 4 is 11.8 Å². The molecule has 0 aliphatic heterocycles. The fourth-order valence-corrected chi connectivity index (χ4v) is 3.39. The molecule has 0 saturated heterocycles. The average molecular weight is 364 g/mol. The van der Waals surface area contributed by atoms with E-state index in [0.717, 1.165) is 16.7 Å². The van der Waals surface area contributed by atoms with Gasteiger partial charge in [0.1, 0.15) is 0 Å². The summed E-state index contributed by atoms with van der Waals surface area (Å²) in [5, 5.41) is 2.99. The van der Waals surface area contributed by atoms with Gasteiger partial charge in [-0.2, -0.15) is 0 Å². The Kier molecular flexibility index (Phi) is 5.94. The van der Waals surface area contributed by atoms with Crippen molar-refractivity contribution in [2.45, 2.75) is 46.3 Å². The molecule has 0 spiro atoms. The number of amides is 2. The van der Waals surface area contributed by atoms with Crippen LogP contribution >= 0.6 is 0 Å². The second kappa shape index (κ2) is 8.38. The lowest BCUT2D eigenvalue weighted by molar-refractivity contribution is -0.136. The largest absolute Gasteiger partial charge is 0.352 e. The van der Waals surface area contributed by atoms with E-state index in [-0.39, 0.29) is 29.7 Å². The number of hydrogen-bond acceptors (Lipinski definition) is 2. The molecule has 0 radical (unpaired) electrons. The highest BCUT2D eigenvalue weighted by Gasteiger charge is 2.49. The fraction of sp³-hybridized carbons (Fsp3) is 0.391. The average Bonchev–Trinajstić information content (AvgIpc) is 3.46. The SMILES string of the molecule is Cc1ccccc1CNC(=O)C1CC1C(=O)N(Cc1ccccc1)C(C)C. The van der Waals surface area contributed by atoms with Crippen molar-refractivity contribution in [3.8, 4) is 0 Å². The third-order valence-corrected chi connectivity index (χ3v) is 5.26. The van der Waals surface area contributed by atoms with E-state index in [1.165, 1.54) is 0 Å². The number of nitrogens with one attached hydrogen (secondary N) is 1. The second-order valence-electron chi connectivity index (χ2n) is 7.64. The number of benzene rings is 2. The van der Waals surface area contributed by atoms with E-state index >= 15 is 0 Å². The number of carbonyl (C=O) groups excluding carboxylic acids is 2. The van der Waals surface area contributed by atoms with Gasteiger partial charge in [-0.05, 0) is 43.9 Å². The van der Waals surface area contributed by atoms with Crippen molar-refractivity contribution in [3.05, 3.63) is 71.3 Å². The molecule has 1 aliphatic carbocycles. The van der Waals surface area contributed by atoms with Crippen LogP contribution < -0.4 is 5.32 Å². The van der Waals surface area contributed by atoms with E-state index in [4.69, 9.17) is 0 Å². The number of carbonyl (C=O) groups is 2. The fourth-order valence-electron chi connectivity index (χ4n) is 3.39. The molecule has 3 rings (SSSR count).